The minimum absolute atomic E-state index is 0.00964. The molecule has 0 unspecified atom stereocenters. The number of rotatable bonds is 4. The number of nitrogens with one attached hydrogen (secondary N) is 1. The minimum atomic E-state index is -0.594. The lowest BCUT2D eigenvalue weighted by molar-refractivity contribution is -0.384. The van der Waals surface area contributed by atoms with Crippen LogP contribution in [0.1, 0.15) is 5.56 Å². The molecule has 10 heteroatoms. The zero-order valence-electron chi connectivity index (χ0n) is 15.4. The monoisotopic (exact) mass is 418 g/mol. The van der Waals surface area contributed by atoms with E-state index in [1.54, 1.807) is 0 Å². The number of anilines is 1. The number of benzene rings is 3. The van der Waals surface area contributed by atoms with E-state index >= 15 is 0 Å². The molecule has 0 spiro atoms. The molecule has 148 valence electrons. The standard InChI is InChI=1S/C20H14N6O3S/c21-20(30)25-19(27)18(17(24-25)13-8-10-14(11-9-13)26(28)29)23-22-16-7-3-5-12-4-1-2-6-15(12)16/h1-11,22H,(H2,21,30)/b23-18+. The maximum atomic E-state index is 12.8. The number of non-ortho nitro benzene ring substituents is 1. The first-order valence-corrected chi connectivity index (χ1v) is 9.15. The van der Waals surface area contributed by atoms with Crippen LogP contribution in [-0.4, -0.2) is 32.4 Å². The molecule has 0 fully saturated rings. The maximum absolute atomic E-state index is 12.8. The Labute approximate surface area is 175 Å². The van der Waals surface area contributed by atoms with Crippen molar-refractivity contribution in [1.29, 1.82) is 0 Å². The molecule has 0 aliphatic carbocycles. The smallest absolute Gasteiger partial charge is 0.303 e. The van der Waals surface area contributed by atoms with E-state index in [1.807, 2.05) is 42.5 Å². The summed E-state index contributed by atoms with van der Waals surface area (Å²) in [6, 6.07) is 19.0. The van der Waals surface area contributed by atoms with Gasteiger partial charge in [0.25, 0.3) is 5.69 Å². The first kappa shape index (κ1) is 19.2. The van der Waals surface area contributed by atoms with Crippen molar-refractivity contribution in [2.24, 2.45) is 15.9 Å². The average molecular weight is 418 g/mol. The topological polar surface area (TPSA) is 126 Å². The van der Waals surface area contributed by atoms with Crippen molar-refractivity contribution in [3.63, 3.8) is 0 Å². The Hall–Kier alpha value is -4.18. The van der Waals surface area contributed by atoms with Gasteiger partial charge in [-0.25, -0.2) is 0 Å². The molecule has 3 N–H and O–H groups in total. The van der Waals surface area contributed by atoms with Crippen LogP contribution in [0.5, 0.6) is 0 Å². The van der Waals surface area contributed by atoms with E-state index < -0.39 is 10.8 Å². The second-order valence-corrected chi connectivity index (χ2v) is 6.72. The van der Waals surface area contributed by atoms with Crippen LogP contribution in [0.2, 0.25) is 0 Å². The Balaban J connectivity index is 1.73. The predicted octanol–water partition coefficient (Wildman–Crippen LogP) is 3.01. The summed E-state index contributed by atoms with van der Waals surface area (Å²) in [5, 5.41) is 21.9. The molecule has 0 atom stereocenters. The van der Waals surface area contributed by atoms with Crippen LogP contribution in [0.4, 0.5) is 11.4 Å². The minimum Gasteiger partial charge on any atom is -0.374 e. The van der Waals surface area contributed by atoms with Gasteiger partial charge < -0.3 is 5.73 Å². The van der Waals surface area contributed by atoms with Crippen molar-refractivity contribution < 1.29 is 9.72 Å². The maximum Gasteiger partial charge on any atom is 0.303 e. The van der Waals surface area contributed by atoms with Crippen molar-refractivity contribution in [3.05, 3.63) is 82.4 Å². The number of hydrogen-bond acceptors (Lipinski definition) is 7. The molecular formula is C20H14N6O3S. The van der Waals surface area contributed by atoms with Crippen LogP contribution >= 0.6 is 12.2 Å². The van der Waals surface area contributed by atoms with Crippen molar-refractivity contribution in [2.45, 2.75) is 0 Å². The Morgan fingerprint density at radius 3 is 2.50 bits per heavy atom. The van der Waals surface area contributed by atoms with Crippen LogP contribution in [-0.2, 0) is 4.79 Å². The molecule has 3 aromatic carbocycles. The van der Waals surface area contributed by atoms with E-state index in [1.165, 1.54) is 24.3 Å². The van der Waals surface area contributed by atoms with Gasteiger partial charge in [0.2, 0.25) is 0 Å². The van der Waals surface area contributed by atoms with Crippen LogP contribution in [0.3, 0.4) is 0 Å². The molecule has 0 radical (unpaired) electrons. The first-order chi connectivity index (χ1) is 14.5. The van der Waals surface area contributed by atoms with Crippen molar-refractivity contribution >= 4 is 56.8 Å². The summed E-state index contributed by atoms with van der Waals surface area (Å²) >= 11 is 4.90. The Morgan fingerprint density at radius 1 is 1.10 bits per heavy atom. The molecule has 0 saturated heterocycles. The van der Waals surface area contributed by atoms with Crippen LogP contribution < -0.4 is 11.2 Å². The number of nitrogens with zero attached hydrogens (tertiary/aromatic N) is 4. The molecule has 30 heavy (non-hydrogen) atoms. The van der Waals surface area contributed by atoms with Gasteiger partial charge in [-0.3, -0.25) is 20.3 Å². The summed E-state index contributed by atoms with van der Waals surface area (Å²) in [5.74, 6) is -0.594. The summed E-state index contributed by atoms with van der Waals surface area (Å²) in [4.78, 5) is 23.1. The predicted molar refractivity (Wildman–Crippen MR) is 118 cm³/mol. The Kier molecular flexibility index (Phi) is 4.90. The third kappa shape index (κ3) is 3.47. The summed E-state index contributed by atoms with van der Waals surface area (Å²) in [7, 11) is 0. The van der Waals surface area contributed by atoms with Crippen LogP contribution in [0.15, 0.2) is 76.9 Å². The van der Waals surface area contributed by atoms with E-state index in [2.05, 4.69) is 15.6 Å². The number of carbonyl (C=O) groups excluding carboxylic acids is 1. The number of nitro groups is 1. The van der Waals surface area contributed by atoms with Crippen molar-refractivity contribution in [3.8, 4) is 0 Å². The largest absolute Gasteiger partial charge is 0.374 e. The summed E-state index contributed by atoms with van der Waals surface area (Å²) in [6.07, 6.45) is 0. The van der Waals surface area contributed by atoms with E-state index in [0.29, 0.717) is 11.3 Å². The molecule has 0 bridgehead atoms. The van der Waals surface area contributed by atoms with Gasteiger partial charge in [-0.2, -0.15) is 15.2 Å². The number of fused-ring (bicyclic) bond motifs is 1. The third-order valence-electron chi connectivity index (χ3n) is 4.46. The highest BCUT2D eigenvalue weighted by molar-refractivity contribution is 7.80. The lowest BCUT2D eigenvalue weighted by Crippen LogP contribution is -2.36. The number of nitro benzene ring substituents is 1. The fourth-order valence-electron chi connectivity index (χ4n) is 3.02. The quantitative estimate of drug-likeness (QED) is 0.381. The number of amides is 1. The van der Waals surface area contributed by atoms with Gasteiger partial charge in [0.05, 0.1) is 10.6 Å². The van der Waals surface area contributed by atoms with E-state index in [0.717, 1.165) is 15.8 Å². The highest BCUT2D eigenvalue weighted by Crippen LogP contribution is 2.24. The molecule has 3 aromatic rings. The van der Waals surface area contributed by atoms with Gasteiger partial charge >= 0.3 is 5.91 Å². The van der Waals surface area contributed by atoms with E-state index in [4.69, 9.17) is 18.0 Å². The number of nitrogens with two attached hydrogens (primary N) is 1. The normalized spacial score (nSPS) is 14.8. The molecule has 4 rings (SSSR count). The molecule has 0 saturated carbocycles. The van der Waals surface area contributed by atoms with Gasteiger partial charge in [0, 0.05) is 23.1 Å². The SMILES string of the molecule is NC(=S)N1N=C(c2ccc([N+](=O)[O-])cc2)/C(=N\Nc2cccc3ccccc23)C1=O. The summed E-state index contributed by atoms with van der Waals surface area (Å²) in [5.41, 5.74) is 9.79. The van der Waals surface area contributed by atoms with Crippen molar-refractivity contribution in [2.75, 3.05) is 5.43 Å². The van der Waals surface area contributed by atoms with Gasteiger partial charge in [-0.15, -0.1) is 0 Å². The van der Waals surface area contributed by atoms with Crippen LogP contribution in [0, 0.1) is 10.1 Å². The van der Waals surface area contributed by atoms with Gasteiger partial charge in [0.1, 0.15) is 5.71 Å². The van der Waals surface area contributed by atoms with Gasteiger partial charge in [0.15, 0.2) is 10.8 Å². The molecule has 0 aromatic heterocycles. The summed E-state index contributed by atoms with van der Waals surface area (Å²) < 4.78 is 0. The number of thiocarbonyl (C=S) groups is 1. The summed E-state index contributed by atoms with van der Waals surface area (Å²) in [6.45, 7) is 0. The highest BCUT2D eigenvalue weighted by Gasteiger charge is 2.35. The second kappa shape index (κ2) is 7.68. The van der Waals surface area contributed by atoms with E-state index in [9.17, 15) is 14.9 Å². The number of carbonyl (C=O) groups is 1. The Morgan fingerprint density at radius 2 is 1.80 bits per heavy atom. The average Bonchev–Trinajstić information content (AvgIpc) is 3.08. The van der Waals surface area contributed by atoms with Gasteiger partial charge in [-0.1, -0.05) is 36.4 Å². The first-order valence-electron chi connectivity index (χ1n) is 8.75. The highest BCUT2D eigenvalue weighted by atomic mass is 32.1. The fourth-order valence-corrected chi connectivity index (χ4v) is 3.14. The molecular weight excluding hydrogens is 404 g/mol. The molecule has 9 nitrogen and oxygen atoms in total. The fraction of sp³-hybridized carbons (Fsp3) is 0. The lowest BCUT2D eigenvalue weighted by atomic mass is 10.1. The van der Waals surface area contributed by atoms with Crippen molar-refractivity contribution in [1.82, 2.24) is 5.01 Å². The molecule has 1 heterocycles. The Bertz CT molecular complexity index is 1250. The zero-order valence-corrected chi connectivity index (χ0v) is 16.2. The number of hydrogen-bond donors (Lipinski definition) is 2. The third-order valence-corrected chi connectivity index (χ3v) is 4.63. The molecule has 1 aliphatic rings. The second-order valence-electron chi connectivity index (χ2n) is 6.31. The molecule has 1 amide bonds. The van der Waals surface area contributed by atoms with E-state index in [-0.39, 0.29) is 22.2 Å². The lowest BCUT2D eigenvalue weighted by Gasteiger charge is -2.08. The van der Waals surface area contributed by atoms with Crippen LogP contribution in [0.25, 0.3) is 10.8 Å². The van der Waals surface area contributed by atoms with Gasteiger partial charge in [-0.05, 0) is 35.8 Å². The molecule has 1 aliphatic heterocycles. The number of hydrazone groups is 2. The zero-order chi connectivity index (χ0) is 21.3.